The number of hydrogen-bond donors (Lipinski definition) is 0. The fraction of sp³-hybridized carbons (Fsp3) is 0. The summed E-state index contributed by atoms with van der Waals surface area (Å²) in [7, 11) is 0. The van der Waals surface area contributed by atoms with Crippen LogP contribution in [0.15, 0.2) is 48.5 Å². The van der Waals surface area contributed by atoms with E-state index in [2.05, 4.69) is 0 Å². The van der Waals surface area contributed by atoms with E-state index in [9.17, 15) is 13.6 Å². The molecule has 0 unspecified atom stereocenters. The number of nitrogens with zero attached hydrogens (tertiary/aromatic N) is 1. The van der Waals surface area contributed by atoms with Gasteiger partial charge in [0.25, 0.3) is 0 Å². The first-order valence-electron chi connectivity index (χ1n) is 5.78. The molecule has 4 heteroatoms. The van der Waals surface area contributed by atoms with Crippen LogP contribution in [0.2, 0.25) is 0 Å². The molecule has 2 aromatic carbocycles. The number of carbonyl (C=O) groups excluding carboxylic acids is 1. The van der Waals surface area contributed by atoms with E-state index in [0.29, 0.717) is 11.1 Å². The summed E-state index contributed by atoms with van der Waals surface area (Å²) in [6.07, 6.45) is 2.39. The van der Waals surface area contributed by atoms with E-state index in [0.717, 1.165) is 18.2 Å². The third kappa shape index (κ3) is 3.15. The third-order valence-corrected chi connectivity index (χ3v) is 2.67. The highest BCUT2D eigenvalue weighted by Crippen LogP contribution is 2.12. The molecule has 0 aliphatic carbocycles. The first kappa shape index (κ1) is 13.6. The summed E-state index contributed by atoms with van der Waals surface area (Å²) in [6.45, 7) is 0. The number of rotatable bonds is 3. The molecule has 2 aromatic rings. The highest BCUT2D eigenvalue weighted by molar-refractivity contribution is 6.06. The molecule has 0 bridgehead atoms. The first-order valence-corrected chi connectivity index (χ1v) is 5.78. The predicted octanol–water partition coefficient (Wildman–Crippen LogP) is 3.73. The Kier molecular flexibility index (Phi) is 4.02. The van der Waals surface area contributed by atoms with Crippen LogP contribution < -0.4 is 0 Å². The quantitative estimate of drug-likeness (QED) is 0.629. The van der Waals surface area contributed by atoms with Crippen LogP contribution in [0.5, 0.6) is 0 Å². The molecular formula is C16H9F2NO. The van der Waals surface area contributed by atoms with E-state index in [-0.39, 0.29) is 11.3 Å². The Hall–Kier alpha value is -2.80. The first-order chi connectivity index (χ1) is 9.60. The molecular weight excluding hydrogens is 260 g/mol. The minimum absolute atomic E-state index is 0.00648. The molecule has 0 heterocycles. The minimum Gasteiger partial charge on any atom is -0.289 e. The average Bonchev–Trinajstić information content (AvgIpc) is 2.48. The molecule has 0 aliphatic heterocycles. The Balaban J connectivity index is 2.20. The van der Waals surface area contributed by atoms with Gasteiger partial charge in [-0.1, -0.05) is 0 Å². The predicted molar refractivity (Wildman–Crippen MR) is 70.9 cm³/mol. The van der Waals surface area contributed by atoms with Crippen LogP contribution in [0, 0.1) is 23.0 Å². The summed E-state index contributed by atoms with van der Waals surface area (Å²) in [5.41, 5.74) is 0.825. The number of carbonyl (C=O) groups is 1. The topological polar surface area (TPSA) is 40.9 Å². The van der Waals surface area contributed by atoms with Crippen molar-refractivity contribution in [2.75, 3.05) is 0 Å². The lowest BCUT2D eigenvalue weighted by atomic mass is 10.1. The number of allylic oxidation sites excluding steroid dienone is 1. The Labute approximate surface area is 114 Å². The molecule has 0 radical (unpaired) electrons. The molecule has 0 aliphatic rings. The van der Waals surface area contributed by atoms with Gasteiger partial charge < -0.3 is 0 Å². The molecule has 2 rings (SSSR count). The van der Waals surface area contributed by atoms with Crippen molar-refractivity contribution in [1.82, 2.24) is 0 Å². The molecule has 2 nitrogen and oxygen atoms in total. The number of hydrogen-bond acceptors (Lipinski definition) is 2. The Morgan fingerprint density at radius 2 is 1.80 bits per heavy atom. The fourth-order valence-electron chi connectivity index (χ4n) is 1.61. The highest BCUT2D eigenvalue weighted by atomic mass is 19.1. The van der Waals surface area contributed by atoms with Gasteiger partial charge >= 0.3 is 0 Å². The molecule has 0 amide bonds. The van der Waals surface area contributed by atoms with E-state index in [4.69, 9.17) is 5.26 Å². The summed E-state index contributed by atoms with van der Waals surface area (Å²) in [5, 5.41) is 8.65. The van der Waals surface area contributed by atoms with Gasteiger partial charge in [-0.2, -0.15) is 5.26 Å². The smallest absolute Gasteiger partial charge is 0.185 e. The van der Waals surface area contributed by atoms with Crippen LogP contribution in [0.1, 0.15) is 21.5 Å². The van der Waals surface area contributed by atoms with Gasteiger partial charge in [0.2, 0.25) is 0 Å². The van der Waals surface area contributed by atoms with E-state index < -0.39 is 11.6 Å². The van der Waals surface area contributed by atoms with E-state index in [1.54, 1.807) is 0 Å². The number of benzene rings is 2. The van der Waals surface area contributed by atoms with Crippen molar-refractivity contribution in [3.63, 3.8) is 0 Å². The number of nitriles is 1. The van der Waals surface area contributed by atoms with Crippen LogP contribution >= 0.6 is 0 Å². The maximum Gasteiger partial charge on any atom is 0.185 e. The van der Waals surface area contributed by atoms with Crippen LogP contribution in [0.25, 0.3) is 6.08 Å². The highest BCUT2D eigenvalue weighted by Gasteiger charge is 2.04. The van der Waals surface area contributed by atoms with Crippen molar-refractivity contribution in [3.8, 4) is 6.07 Å². The van der Waals surface area contributed by atoms with Crippen LogP contribution in [-0.2, 0) is 0 Å². The summed E-state index contributed by atoms with van der Waals surface area (Å²) in [4.78, 5) is 11.8. The normalized spacial score (nSPS) is 10.4. The van der Waals surface area contributed by atoms with E-state index in [1.807, 2.05) is 6.07 Å². The fourth-order valence-corrected chi connectivity index (χ4v) is 1.61. The van der Waals surface area contributed by atoms with Crippen LogP contribution in [0.3, 0.4) is 0 Å². The SMILES string of the molecule is N#Cc1ccc(C(=O)/C=C/c2cc(F)ccc2F)cc1. The van der Waals surface area contributed by atoms with Gasteiger partial charge in [0.1, 0.15) is 11.6 Å². The maximum absolute atomic E-state index is 13.4. The molecule has 0 spiro atoms. The lowest BCUT2D eigenvalue weighted by molar-refractivity contribution is 0.104. The van der Waals surface area contributed by atoms with Crippen molar-refractivity contribution in [1.29, 1.82) is 5.26 Å². The maximum atomic E-state index is 13.4. The van der Waals surface area contributed by atoms with Gasteiger partial charge in [0.05, 0.1) is 11.6 Å². The second kappa shape index (κ2) is 5.89. The molecule has 0 saturated carbocycles. The summed E-state index contributed by atoms with van der Waals surface area (Å²) in [6, 6.07) is 11.0. The van der Waals surface area contributed by atoms with Crippen molar-refractivity contribution in [2.24, 2.45) is 0 Å². The zero-order valence-electron chi connectivity index (χ0n) is 10.3. The van der Waals surface area contributed by atoms with E-state index >= 15 is 0 Å². The molecule has 98 valence electrons. The van der Waals surface area contributed by atoms with E-state index in [1.165, 1.54) is 36.4 Å². The summed E-state index contributed by atoms with van der Waals surface area (Å²) in [5.74, 6) is -1.52. The Morgan fingerprint density at radius 1 is 1.10 bits per heavy atom. The van der Waals surface area contributed by atoms with Gasteiger partial charge in [0, 0.05) is 11.1 Å². The molecule has 0 saturated heterocycles. The second-order valence-electron chi connectivity index (χ2n) is 4.05. The number of ketones is 1. The van der Waals surface area contributed by atoms with Gasteiger partial charge in [-0.05, 0) is 54.6 Å². The third-order valence-electron chi connectivity index (χ3n) is 2.67. The molecule has 0 fully saturated rings. The zero-order valence-corrected chi connectivity index (χ0v) is 10.3. The largest absolute Gasteiger partial charge is 0.289 e. The summed E-state index contributed by atoms with van der Waals surface area (Å²) >= 11 is 0. The van der Waals surface area contributed by atoms with Crippen molar-refractivity contribution in [3.05, 3.63) is 76.9 Å². The van der Waals surface area contributed by atoms with Crippen molar-refractivity contribution < 1.29 is 13.6 Å². The lowest BCUT2D eigenvalue weighted by Crippen LogP contribution is -1.94. The summed E-state index contributed by atoms with van der Waals surface area (Å²) < 4.78 is 26.3. The van der Waals surface area contributed by atoms with Crippen molar-refractivity contribution in [2.45, 2.75) is 0 Å². The Morgan fingerprint density at radius 3 is 2.45 bits per heavy atom. The standard InChI is InChI=1S/C16H9F2NO/c17-14-6-7-15(18)13(9-14)5-8-16(20)12-3-1-11(10-19)2-4-12/h1-9H/b8-5+. The van der Waals surface area contributed by atoms with Crippen LogP contribution in [0.4, 0.5) is 8.78 Å². The monoisotopic (exact) mass is 269 g/mol. The zero-order chi connectivity index (χ0) is 14.5. The van der Waals surface area contributed by atoms with Crippen molar-refractivity contribution >= 4 is 11.9 Å². The molecule has 0 atom stereocenters. The Bertz CT molecular complexity index is 712. The van der Waals surface area contributed by atoms with Gasteiger partial charge in [-0.25, -0.2) is 8.78 Å². The minimum atomic E-state index is -0.602. The second-order valence-corrected chi connectivity index (χ2v) is 4.05. The lowest BCUT2D eigenvalue weighted by Gasteiger charge is -1.98. The molecule has 0 aromatic heterocycles. The average molecular weight is 269 g/mol. The molecule has 0 N–H and O–H groups in total. The molecule has 20 heavy (non-hydrogen) atoms. The van der Waals surface area contributed by atoms with Crippen LogP contribution in [-0.4, -0.2) is 5.78 Å². The van der Waals surface area contributed by atoms with Gasteiger partial charge in [0.15, 0.2) is 5.78 Å². The number of halogens is 2. The van der Waals surface area contributed by atoms with Gasteiger partial charge in [-0.3, -0.25) is 4.79 Å². The van der Waals surface area contributed by atoms with Gasteiger partial charge in [-0.15, -0.1) is 0 Å².